The Kier molecular flexibility index (Phi) is 7.48. The quantitative estimate of drug-likeness (QED) is 0.349. The predicted octanol–water partition coefficient (Wildman–Crippen LogP) is 4.33. The molecule has 10 heteroatoms. The van der Waals surface area contributed by atoms with E-state index in [1.807, 2.05) is 0 Å². The highest BCUT2D eigenvalue weighted by molar-refractivity contribution is 9.10. The van der Waals surface area contributed by atoms with E-state index in [0.29, 0.717) is 25.0 Å². The van der Waals surface area contributed by atoms with Gasteiger partial charge in [0.25, 0.3) is 0 Å². The molecule has 0 spiro atoms. The number of hydrogen-bond donors (Lipinski definition) is 3. The van der Waals surface area contributed by atoms with Crippen LogP contribution in [0.25, 0.3) is 10.8 Å². The van der Waals surface area contributed by atoms with Gasteiger partial charge in [0, 0.05) is 36.3 Å². The molecule has 0 aliphatic carbocycles. The Balaban J connectivity index is 0.000000370. The van der Waals surface area contributed by atoms with E-state index in [1.54, 1.807) is 7.11 Å². The molecule has 2 aromatic rings. The first-order valence-electron chi connectivity index (χ1n) is 8.68. The number of ether oxygens (including phenoxy) is 1. The molecule has 1 atom stereocenters. The Morgan fingerprint density at radius 1 is 1.34 bits per heavy atom. The topological polar surface area (TPSA) is 85.7 Å². The first-order chi connectivity index (χ1) is 13.6. The highest BCUT2D eigenvalue weighted by Gasteiger charge is 2.38. The highest BCUT2D eigenvalue weighted by Crippen LogP contribution is 2.42. The summed E-state index contributed by atoms with van der Waals surface area (Å²) in [5.41, 5.74) is 2.46. The van der Waals surface area contributed by atoms with Crippen LogP contribution in [0.5, 0.6) is 0 Å². The number of benzene rings is 2. The molecule has 158 valence electrons. The van der Waals surface area contributed by atoms with E-state index >= 15 is 0 Å². The fraction of sp³-hybridized carbons (Fsp3) is 0.368. The van der Waals surface area contributed by atoms with E-state index in [9.17, 15) is 13.2 Å². The van der Waals surface area contributed by atoms with Gasteiger partial charge in [0.15, 0.2) is 5.96 Å². The number of anilines is 1. The van der Waals surface area contributed by atoms with Gasteiger partial charge in [-0.05, 0) is 28.5 Å². The minimum atomic E-state index is -5.08. The SMILES string of the molecule is COCCNC(=N)N1CC(C)c2c1ccc1c(Br)cccc21.O=C(O)C(F)(F)F. The summed E-state index contributed by atoms with van der Waals surface area (Å²) in [4.78, 5) is 10.9. The molecule has 1 aliphatic heterocycles. The summed E-state index contributed by atoms with van der Waals surface area (Å²) in [5, 5.41) is 21.0. The van der Waals surface area contributed by atoms with Gasteiger partial charge in [-0.1, -0.05) is 41.1 Å². The van der Waals surface area contributed by atoms with Crippen molar-refractivity contribution in [2.75, 3.05) is 31.7 Å². The van der Waals surface area contributed by atoms with Crippen molar-refractivity contribution in [2.24, 2.45) is 0 Å². The van der Waals surface area contributed by atoms with E-state index in [-0.39, 0.29) is 0 Å². The zero-order valence-electron chi connectivity index (χ0n) is 15.8. The van der Waals surface area contributed by atoms with Crippen molar-refractivity contribution in [3.05, 3.63) is 40.4 Å². The molecule has 0 amide bonds. The lowest BCUT2D eigenvalue weighted by molar-refractivity contribution is -0.192. The van der Waals surface area contributed by atoms with Crippen molar-refractivity contribution >= 4 is 44.3 Å². The fourth-order valence-electron chi connectivity index (χ4n) is 3.13. The monoisotopic (exact) mass is 475 g/mol. The van der Waals surface area contributed by atoms with Crippen LogP contribution in [0, 0.1) is 5.41 Å². The average molecular weight is 476 g/mol. The summed E-state index contributed by atoms with van der Waals surface area (Å²) in [6.07, 6.45) is -5.08. The molecule has 0 saturated carbocycles. The second kappa shape index (κ2) is 9.45. The summed E-state index contributed by atoms with van der Waals surface area (Å²) in [5.74, 6) is -1.91. The lowest BCUT2D eigenvalue weighted by atomic mass is 9.96. The molecule has 0 radical (unpaired) electrons. The van der Waals surface area contributed by atoms with Gasteiger partial charge in [-0.2, -0.15) is 13.2 Å². The minimum Gasteiger partial charge on any atom is -0.475 e. The summed E-state index contributed by atoms with van der Waals surface area (Å²) >= 11 is 3.63. The number of nitrogens with one attached hydrogen (secondary N) is 2. The molecule has 6 nitrogen and oxygen atoms in total. The largest absolute Gasteiger partial charge is 0.490 e. The molecular weight excluding hydrogens is 455 g/mol. The van der Waals surface area contributed by atoms with Crippen LogP contribution < -0.4 is 10.2 Å². The molecule has 0 saturated heterocycles. The molecule has 2 aromatic carbocycles. The molecule has 0 fully saturated rings. The van der Waals surface area contributed by atoms with Crippen molar-refractivity contribution in [1.82, 2.24) is 5.32 Å². The van der Waals surface area contributed by atoms with E-state index in [4.69, 9.17) is 20.0 Å². The molecule has 0 aromatic heterocycles. The number of carboxylic acids is 1. The number of halogens is 4. The number of rotatable bonds is 3. The molecule has 1 aliphatic rings. The maximum atomic E-state index is 10.6. The third-order valence-corrected chi connectivity index (χ3v) is 5.07. The maximum absolute atomic E-state index is 10.6. The lowest BCUT2D eigenvalue weighted by Crippen LogP contribution is -2.41. The number of fused-ring (bicyclic) bond motifs is 3. The number of methoxy groups -OCH3 is 1. The average Bonchev–Trinajstić information content (AvgIpc) is 2.99. The van der Waals surface area contributed by atoms with Crippen molar-refractivity contribution < 1.29 is 27.8 Å². The van der Waals surface area contributed by atoms with Crippen molar-refractivity contribution in [2.45, 2.75) is 19.0 Å². The van der Waals surface area contributed by atoms with Gasteiger partial charge in [-0.3, -0.25) is 5.41 Å². The summed E-state index contributed by atoms with van der Waals surface area (Å²) in [6, 6.07) is 10.6. The smallest absolute Gasteiger partial charge is 0.475 e. The summed E-state index contributed by atoms with van der Waals surface area (Å²) < 4.78 is 37.9. The van der Waals surface area contributed by atoms with Crippen LogP contribution in [0.2, 0.25) is 0 Å². The van der Waals surface area contributed by atoms with Crippen LogP contribution >= 0.6 is 15.9 Å². The number of carboxylic acid groups (broad SMARTS) is 1. The number of carbonyl (C=O) groups is 1. The van der Waals surface area contributed by atoms with Crippen molar-refractivity contribution in [3.63, 3.8) is 0 Å². The summed E-state index contributed by atoms with van der Waals surface area (Å²) in [7, 11) is 1.67. The van der Waals surface area contributed by atoms with Crippen molar-refractivity contribution in [3.8, 4) is 0 Å². The Labute approximate surface area is 174 Å². The third-order valence-electron chi connectivity index (χ3n) is 4.38. The Morgan fingerprint density at radius 3 is 2.59 bits per heavy atom. The van der Waals surface area contributed by atoms with Crippen LogP contribution in [0.4, 0.5) is 18.9 Å². The third kappa shape index (κ3) is 5.39. The Morgan fingerprint density at radius 2 is 2.00 bits per heavy atom. The van der Waals surface area contributed by atoms with E-state index in [2.05, 4.69) is 63.4 Å². The molecule has 1 unspecified atom stereocenters. The van der Waals surface area contributed by atoms with Crippen molar-refractivity contribution in [1.29, 1.82) is 5.41 Å². The lowest BCUT2D eigenvalue weighted by Gasteiger charge is -2.21. The van der Waals surface area contributed by atoms with Crippen LogP contribution in [0.3, 0.4) is 0 Å². The molecule has 1 heterocycles. The van der Waals surface area contributed by atoms with Crippen LogP contribution in [-0.4, -0.2) is 50.0 Å². The first-order valence-corrected chi connectivity index (χ1v) is 9.47. The van der Waals surface area contributed by atoms with Gasteiger partial charge >= 0.3 is 12.1 Å². The Hall–Kier alpha value is -2.33. The highest BCUT2D eigenvalue weighted by atomic mass is 79.9. The molecule has 29 heavy (non-hydrogen) atoms. The first kappa shape index (κ1) is 23.0. The standard InChI is InChI=1S/C17H20BrN3O.C2HF3O2/c1-11-10-21(17(19)20-8-9-22-2)15-7-6-12-13(16(11)15)4-3-5-14(12)18;3-2(4,5)1(6)7/h3-7,11H,8-10H2,1-2H3,(H2,19,20);(H,6,7). The van der Waals surface area contributed by atoms with E-state index in [1.165, 1.54) is 16.3 Å². The van der Waals surface area contributed by atoms with Crippen LogP contribution in [0.1, 0.15) is 18.4 Å². The number of guanidine groups is 1. The zero-order chi connectivity index (χ0) is 21.8. The normalized spacial score (nSPS) is 15.5. The molecule has 3 rings (SSSR count). The van der Waals surface area contributed by atoms with Gasteiger partial charge in [0.1, 0.15) is 0 Å². The molecular formula is C19H21BrF3N3O3. The maximum Gasteiger partial charge on any atom is 0.490 e. The van der Waals surface area contributed by atoms with Gasteiger partial charge < -0.3 is 20.1 Å². The number of alkyl halides is 3. The van der Waals surface area contributed by atoms with E-state index < -0.39 is 12.1 Å². The second-order valence-corrected chi connectivity index (χ2v) is 7.27. The number of aliphatic carboxylic acids is 1. The van der Waals surface area contributed by atoms with Gasteiger partial charge in [0.05, 0.1) is 6.61 Å². The van der Waals surface area contributed by atoms with Gasteiger partial charge in [0.2, 0.25) is 0 Å². The number of hydrogen-bond acceptors (Lipinski definition) is 3. The van der Waals surface area contributed by atoms with Gasteiger partial charge in [-0.15, -0.1) is 0 Å². The van der Waals surface area contributed by atoms with Crippen LogP contribution in [0.15, 0.2) is 34.8 Å². The van der Waals surface area contributed by atoms with Gasteiger partial charge in [-0.25, -0.2) is 4.79 Å². The second-order valence-electron chi connectivity index (χ2n) is 6.42. The summed E-state index contributed by atoms with van der Waals surface area (Å²) in [6.45, 7) is 4.30. The zero-order valence-corrected chi connectivity index (χ0v) is 17.4. The predicted molar refractivity (Wildman–Crippen MR) is 109 cm³/mol. The Bertz CT molecular complexity index is 905. The van der Waals surface area contributed by atoms with Crippen LogP contribution in [-0.2, 0) is 9.53 Å². The fourth-order valence-corrected chi connectivity index (χ4v) is 3.63. The minimum absolute atomic E-state index is 0.401. The molecule has 0 bridgehead atoms. The number of nitrogens with zero attached hydrogens (tertiary/aromatic N) is 1. The molecule has 3 N–H and O–H groups in total. The van der Waals surface area contributed by atoms with E-state index in [0.717, 1.165) is 16.7 Å².